The van der Waals surface area contributed by atoms with E-state index in [9.17, 15) is 5.11 Å². The fourth-order valence-corrected chi connectivity index (χ4v) is 2.51. The minimum absolute atomic E-state index is 0.0162. The fraction of sp³-hybridized carbons (Fsp3) is 1.00. The van der Waals surface area contributed by atoms with Gasteiger partial charge in [0.15, 0.2) is 0 Å². The molecule has 15 heavy (non-hydrogen) atoms. The molecule has 1 aliphatic rings. The third kappa shape index (κ3) is 2.91. The van der Waals surface area contributed by atoms with Gasteiger partial charge in [-0.1, -0.05) is 0 Å². The van der Waals surface area contributed by atoms with E-state index in [-0.39, 0.29) is 24.2 Å². The van der Waals surface area contributed by atoms with Crippen molar-refractivity contribution in [1.29, 1.82) is 0 Å². The molecule has 0 aromatic heterocycles. The van der Waals surface area contributed by atoms with Crippen molar-refractivity contribution in [3.05, 3.63) is 0 Å². The van der Waals surface area contributed by atoms with E-state index in [1.165, 1.54) is 12.8 Å². The summed E-state index contributed by atoms with van der Waals surface area (Å²) in [6.07, 6.45) is 2.35. The van der Waals surface area contributed by atoms with Crippen LogP contribution in [0.2, 0.25) is 0 Å². The van der Waals surface area contributed by atoms with Gasteiger partial charge in [-0.15, -0.1) is 0 Å². The Hall–Kier alpha value is -0.160. The average molecular weight is 216 g/mol. The lowest BCUT2D eigenvalue weighted by Crippen LogP contribution is -2.56. The lowest BCUT2D eigenvalue weighted by Gasteiger charge is -2.40. The maximum Gasteiger partial charge on any atom is 0.0629 e. The smallest absolute Gasteiger partial charge is 0.0629 e. The maximum atomic E-state index is 9.44. The molecule has 4 nitrogen and oxygen atoms in total. The van der Waals surface area contributed by atoms with Crippen molar-refractivity contribution in [2.45, 2.75) is 44.3 Å². The van der Waals surface area contributed by atoms with E-state index in [1.54, 1.807) is 7.11 Å². The number of nitrogens with zero attached hydrogens (tertiary/aromatic N) is 1. The van der Waals surface area contributed by atoms with Crippen LogP contribution in [0.3, 0.4) is 0 Å². The van der Waals surface area contributed by atoms with Crippen LogP contribution in [0.5, 0.6) is 0 Å². The van der Waals surface area contributed by atoms with Gasteiger partial charge in [-0.2, -0.15) is 0 Å². The average Bonchev–Trinajstić information content (AvgIpc) is 2.48. The van der Waals surface area contributed by atoms with Crippen LogP contribution in [-0.2, 0) is 4.74 Å². The zero-order valence-corrected chi connectivity index (χ0v) is 10.1. The Morgan fingerprint density at radius 2 is 2.20 bits per heavy atom. The van der Waals surface area contributed by atoms with Gasteiger partial charge in [-0.05, 0) is 33.2 Å². The van der Waals surface area contributed by atoms with Gasteiger partial charge in [-0.3, -0.25) is 4.90 Å². The van der Waals surface area contributed by atoms with Crippen LogP contribution in [0.4, 0.5) is 0 Å². The summed E-state index contributed by atoms with van der Waals surface area (Å²) in [6.45, 7) is 6.05. The predicted octanol–water partition coefficient (Wildman–Crippen LogP) is 0.195. The largest absolute Gasteiger partial charge is 0.395 e. The van der Waals surface area contributed by atoms with Crippen LogP contribution in [-0.4, -0.2) is 54.5 Å². The monoisotopic (exact) mass is 216 g/mol. The highest BCUT2D eigenvalue weighted by Crippen LogP contribution is 2.30. The standard InChI is InChI=1S/C11H24N2O2/c1-11(2)5-4-6-13(11)10(7-14)9(12)8-15-3/h9-10,14H,4-8,12H2,1-3H3. The minimum Gasteiger partial charge on any atom is -0.395 e. The van der Waals surface area contributed by atoms with Crippen LogP contribution in [0.15, 0.2) is 0 Å². The van der Waals surface area contributed by atoms with E-state index in [4.69, 9.17) is 10.5 Å². The van der Waals surface area contributed by atoms with Crippen molar-refractivity contribution in [1.82, 2.24) is 4.90 Å². The topological polar surface area (TPSA) is 58.7 Å². The lowest BCUT2D eigenvalue weighted by atomic mass is 9.98. The molecule has 1 aliphatic heterocycles. The second kappa shape index (κ2) is 5.25. The van der Waals surface area contributed by atoms with Crippen molar-refractivity contribution in [3.8, 4) is 0 Å². The summed E-state index contributed by atoms with van der Waals surface area (Å²) in [7, 11) is 1.64. The number of aliphatic hydroxyl groups is 1. The van der Waals surface area contributed by atoms with Crippen molar-refractivity contribution >= 4 is 0 Å². The molecule has 1 fully saturated rings. The number of likely N-dealkylation sites (tertiary alicyclic amines) is 1. The van der Waals surface area contributed by atoms with Gasteiger partial charge in [0.05, 0.1) is 19.3 Å². The molecular formula is C11H24N2O2. The van der Waals surface area contributed by atoms with Gasteiger partial charge in [-0.25, -0.2) is 0 Å². The number of nitrogens with two attached hydrogens (primary N) is 1. The first-order valence-electron chi connectivity index (χ1n) is 5.65. The summed E-state index contributed by atoms with van der Waals surface area (Å²) in [4.78, 5) is 2.32. The number of ether oxygens (including phenoxy) is 1. The molecule has 0 amide bonds. The number of hydrogen-bond acceptors (Lipinski definition) is 4. The first-order chi connectivity index (χ1) is 7.03. The van der Waals surface area contributed by atoms with Crippen molar-refractivity contribution in [3.63, 3.8) is 0 Å². The Bertz CT molecular complexity index is 197. The summed E-state index contributed by atoms with van der Waals surface area (Å²) in [5, 5.41) is 9.44. The normalized spacial score (nSPS) is 25.4. The Balaban J connectivity index is 2.65. The Kier molecular flexibility index (Phi) is 4.52. The summed E-state index contributed by atoms with van der Waals surface area (Å²) in [5.74, 6) is 0. The first-order valence-corrected chi connectivity index (χ1v) is 5.65. The SMILES string of the molecule is COCC(N)C(CO)N1CCCC1(C)C. The maximum absolute atomic E-state index is 9.44. The highest BCUT2D eigenvalue weighted by molar-refractivity contribution is 4.95. The predicted molar refractivity (Wildman–Crippen MR) is 60.7 cm³/mol. The molecule has 4 heteroatoms. The number of aliphatic hydroxyl groups excluding tert-OH is 1. The third-order valence-corrected chi connectivity index (χ3v) is 3.41. The molecule has 0 bridgehead atoms. The number of hydrogen-bond donors (Lipinski definition) is 2. The molecule has 1 saturated heterocycles. The second-order valence-corrected chi connectivity index (χ2v) is 4.98. The molecule has 2 atom stereocenters. The van der Waals surface area contributed by atoms with E-state index in [0.29, 0.717) is 6.61 Å². The van der Waals surface area contributed by atoms with Crippen LogP contribution in [0.25, 0.3) is 0 Å². The van der Waals surface area contributed by atoms with Crippen molar-refractivity contribution < 1.29 is 9.84 Å². The van der Waals surface area contributed by atoms with Gasteiger partial charge in [0.2, 0.25) is 0 Å². The molecule has 1 heterocycles. The van der Waals surface area contributed by atoms with Gasteiger partial charge in [0, 0.05) is 18.7 Å². The minimum atomic E-state index is -0.114. The Morgan fingerprint density at radius 1 is 1.53 bits per heavy atom. The molecule has 0 radical (unpaired) electrons. The van der Waals surface area contributed by atoms with E-state index < -0.39 is 0 Å². The zero-order valence-electron chi connectivity index (χ0n) is 10.1. The van der Waals surface area contributed by atoms with Crippen LogP contribution < -0.4 is 5.73 Å². The number of rotatable bonds is 5. The fourth-order valence-electron chi connectivity index (χ4n) is 2.51. The molecule has 0 aromatic carbocycles. The first kappa shape index (κ1) is 12.9. The molecule has 0 aromatic rings. The van der Waals surface area contributed by atoms with E-state index in [1.807, 2.05) is 0 Å². The highest BCUT2D eigenvalue weighted by atomic mass is 16.5. The van der Waals surface area contributed by atoms with Gasteiger partial charge in [0.25, 0.3) is 0 Å². The summed E-state index contributed by atoms with van der Waals surface area (Å²) in [5.41, 5.74) is 6.16. The Morgan fingerprint density at radius 3 is 2.60 bits per heavy atom. The van der Waals surface area contributed by atoms with E-state index in [2.05, 4.69) is 18.7 Å². The van der Waals surface area contributed by atoms with Gasteiger partial charge < -0.3 is 15.6 Å². The summed E-state index contributed by atoms with van der Waals surface area (Å²) >= 11 is 0. The lowest BCUT2D eigenvalue weighted by molar-refractivity contribution is 0.0349. The summed E-state index contributed by atoms with van der Waals surface area (Å²) in [6, 6.07) is -0.0974. The van der Waals surface area contributed by atoms with Gasteiger partial charge in [0.1, 0.15) is 0 Å². The Labute approximate surface area is 92.4 Å². The number of methoxy groups -OCH3 is 1. The molecule has 1 rings (SSSR count). The molecule has 3 N–H and O–H groups in total. The zero-order chi connectivity index (χ0) is 11.5. The van der Waals surface area contributed by atoms with E-state index >= 15 is 0 Å². The molecule has 90 valence electrons. The van der Waals surface area contributed by atoms with Crippen LogP contribution >= 0.6 is 0 Å². The molecule has 0 aliphatic carbocycles. The molecule has 0 saturated carbocycles. The molecule has 2 unspecified atom stereocenters. The van der Waals surface area contributed by atoms with Crippen LogP contribution in [0.1, 0.15) is 26.7 Å². The highest BCUT2D eigenvalue weighted by Gasteiger charge is 2.38. The summed E-state index contributed by atoms with van der Waals surface area (Å²) < 4.78 is 5.05. The van der Waals surface area contributed by atoms with Crippen molar-refractivity contribution in [2.75, 3.05) is 26.9 Å². The third-order valence-electron chi connectivity index (χ3n) is 3.41. The van der Waals surface area contributed by atoms with Gasteiger partial charge >= 0.3 is 0 Å². The molecule has 0 spiro atoms. The molecular weight excluding hydrogens is 192 g/mol. The van der Waals surface area contributed by atoms with Crippen LogP contribution in [0, 0.1) is 0 Å². The second-order valence-electron chi connectivity index (χ2n) is 4.98. The van der Waals surface area contributed by atoms with Crippen molar-refractivity contribution in [2.24, 2.45) is 5.73 Å². The quantitative estimate of drug-likeness (QED) is 0.689. The van der Waals surface area contributed by atoms with E-state index in [0.717, 1.165) is 6.54 Å².